The maximum Gasteiger partial charge on any atom is 0.312 e. The lowest BCUT2D eigenvalue weighted by Crippen LogP contribution is -2.59. The van der Waals surface area contributed by atoms with E-state index < -0.39 is 101 Å². The van der Waals surface area contributed by atoms with Crippen LogP contribution in [0.25, 0.3) is 0 Å². The first kappa shape index (κ1) is 81.7. The second-order valence-corrected chi connectivity index (χ2v) is 27.8. The number of hydrogen-bond donors (Lipinski definition) is 7. The molecule has 1 unspecified atom stereocenters. The molecule has 2 aromatic carbocycles. The molecule has 542 valence electrons. The highest BCUT2D eigenvalue weighted by Gasteiger charge is 2.45. The minimum Gasteiger partial charge on any atom is -0.469 e. The van der Waals surface area contributed by atoms with Gasteiger partial charge in [0.1, 0.15) is 24.2 Å². The molecule has 11 atom stereocenters. The number of nitrogens with two attached hydrogens (primary N) is 1. The number of esters is 1. The quantitative estimate of drug-likeness (QED) is 0.0359. The number of urea groups is 1. The number of hydrogen-bond acceptors (Lipinski definition) is 15. The van der Waals surface area contributed by atoms with Gasteiger partial charge in [0, 0.05) is 86.0 Å². The molecule has 2 heterocycles. The average Bonchev–Trinajstić information content (AvgIpc) is 1.80. The van der Waals surface area contributed by atoms with Gasteiger partial charge in [0.05, 0.1) is 55.2 Å². The number of amides is 11. The van der Waals surface area contributed by atoms with E-state index in [1.54, 1.807) is 80.8 Å². The lowest BCUT2D eigenvalue weighted by Gasteiger charge is -2.41. The molecule has 4 rings (SSSR count). The van der Waals surface area contributed by atoms with Crippen LogP contribution in [-0.4, -0.2) is 220 Å². The molecule has 0 aliphatic carbocycles. The third-order valence-electron chi connectivity index (χ3n) is 19.2. The number of ether oxygens (including phenoxy) is 3. The van der Waals surface area contributed by atoms with Crippen LogP contribution >= 0.6 is 0 Å². The van der Waals surface area contributed by atoms with Crippen LogP contribution < -0.4 is 37.6 Å². The summed E-state index contributed by atoms with van der Waals surface area (Å²) in [5, 5.41) is 16.9. The van der Waals surface area contributed by atoms with Crippen molar-refractivity contribution in [3.8, 4) is 0 Å². The van der Waals surface area contributed by atoms with Crippen molar-refractivity contribution in [2.45, 2.75) is 201 Å². The van der Waals surface area contributed by atoms with Crippen molar-refractivity contribution in [2.75, 3.05) is 81.0 Å². The molecule has 26 heteroatoms. The van der Waals surface area contributed by atoms with Crippen LogP contribution in [0.1, 0.15) is 145 Å². The highest BCUT2D eigenvalue weighted by atomic mass is 16.5. The molecule has 0 saturated carbocycles. The van der Waals surface area contributed by atoms with Crippen molar-refractivity contribution in [3.05, 3.63) is 65.7 Å². The van der Waals surface area contributed by atoms with E-state index in [0.29, 0.717) is 63.0 Å². The molecule has 2 aromatic rings. The van der Waals surface area contributed by atoms with Gasteiger partial charge in [-0.3, -0.25) is 52.8 Å². The number of rotatable bonds is 37. The summed E-state index contributed by atoms with van der Waals surface area (Å²) in [6.07, 6.45) is 1.33. The first-order chi connectivity index (χ1) is 45.7. The molecular formula is C71H114N12O14. The Hall–Kier alpha value is -7.71. The smallest absolute Gasteiger partial charge is 0.312 e. The summed E-state index contributed by atoms with van der Waals surface area (Å²) in [5.74, 6) is -5.56. The van der Waals surface area contributed by atoms with E-state index in [9.17, 15) is 52.7 Å². The van der Waals surface area contributed by atoms with E-state index >= 15 is 0 Å². The summed E-state index contributed by atoms with van der Waals surface area (Å²) in [4.78, 5) is 158. The number of carbonyl (C=O) groups is 11. The second-order valence-electron chi connectivity index (χ2n) is 27.8. The van der Waals surface area contributed by atoms with Gasteiger partial charge < -0.3 is 71.4 Å². The zero-order chi connectivity index (χ0) is 72.6. The number of likely N-dealkylation sites (tertiary alicyclic amines) is 2. The van der Waals surface area contributed by atoms with Gasteiger partial charge in [-0.25, -0.2) is 4.79 Å². The average molecular weight is 1360 g/mol. The molecule has 0 bridgehead atoms. The van der Waals surface area contributed by atoms with Gasteiger partial charge in [0.15, 0.2) is 0 Å². The molecular weight excluding hydrogens is 1240 g/mol. The molecule has 8 N–H and O–H groups in total. The van der Waals surface area contributed by atoms with Crippen molar-refractivity contribution in [1.82, 2.24) is 51.1 Å². The normalized spacial score (nSPS) is 17.7. The fourth-order valence-corrected chi connectivity index (χ4v) is 13.2. The molecule has 0 aromatic heterocycles. The third kappa shape index (κ3) is 23.8. The summed E-state index contributed by atoms with van der Waals surface area (Å²) in [7, 11) is 11.4. The molecule has 26 nitrogen and oxygen atoms in total. The highest BCUT2D eigenvalue weighted by molar-refractivity contribution is 5.99. The number of piperidine rings is 1. The number of methoxy groups -OCH3 is 3. The molecule has 97 heavy (non-hydrogen) atoms. The minimum absolute atomic E-state index is 0.00740. The van der Waals surface area contributed by atoms with Gasteiger partial charge in [-0.05, 0) is 106 Å². The van der Waals surface area contributed by atoms with E-state index in [1.807, 2.05) is 90.9 Å². The third-order valence-corrected chi connectivity index (χ3v) is 19.2. The van der Waals surface area contributed by atoms with Crippen LogP contribution in [0.15, 0.2) is 54.6 Å². The number of nitrogens with one attached hydrogen (secondary N) is 6. The molecule has 2 aliphatic rings. The lowest BCUT2D eigenvalue weighted by atomic mass is 9.80. The Morgan fingerprint density at radius 2 is 1.29 bits per heavy atom. The Labute approximate surface area is 575 Å². The highest BCUT2D eigenvalue weighted by Crippen LogP contribution is 2.33. The summed E-state index contributed by atoms with van der Waals surface area (Å²) >= 11 is 0. The monoisotopic (exact) mass is 1360 g/mol. The predicted molar refractivity (Wildman–Crippen MR) is 370 cm³/mol. The van der Waals surface area contributed by atoms with E-state index in [0.717, 1.165) is 5.56 Å². The molecule has 11 amide bonds. The number of likely N-dealkylation sites (N-methyl/N-ethyl adjacent to an activating group) is 3. The van der Waals surface area contributed by atoms with Crippen LogP contribution in [0.5, 0.6) is 0 Å². The lowest BCUT2D eigenvalue weighted by molar-refractivity contribution is -0.156. The molecule has 2 aliphatic heterocycles. The Bertz CT molecular complexity index is 2930. The van der Waals surface area contributed by atoms with Gasteiger partial charge >= 0.3 is 12.0 Å². The van der Waals surface area contributed by atoms with Gasteiger partial charge in [0.2, 0.25) is 53.2 Å². The van der Waals surface area contributed by atoms with Crippen LogP contribution in [-0.2, 0) is 75.1 Å². The maximum atomic E-state index is 14.7. The largest absolute Gasteiger partial charge is 0.469 e. The zero-order valence-electron chi connectivity index (χ0n) is 60.6. The van der Waals surface area contributed by atoms with Crippen LogP contribution in [0.3, 0.4) is 0 Å². The Kier molecular flexibility index (Phi) is 32.9. The fraction of sp³-hybridized carbons (Fsp3) is 0.676. The van der Waals surface area contributed by atoms with E-state index in [4.69, 9.17) is 19.9 Å². The number of anilines is 1. The van der Waals surface area contributed by atoms with Crippen molar-refractivity contribution >= 4 is 70.9 Å². The van der Waals surface area contributed by atoms with Crippen LogP contribution in [0.4, 0.5) is 10.5 Å². The SMILES string of the molecule is CC[C@H](C)[C@@H]([C@@H](CC(=O)N1CCC[C@H]1[C@H](OC)[C@@H](C)C(=O)NC(Cc1ccccc1)C(=O)N(C)Cc1ccc(NC(=O)[C@H](CCCNC(N)=O)NC(=O)[C@@H](NC(=O)CCC(=O)N2CCC(C)(C(=O)OC)CC2)C(C)C)cc1)OC)N(C)C(=O)[C@@H](NC(=O)[C@H](C(C)C)N(C)C)C(C)C. The molecule has 0 radical (unpaired) electrons. The van der Waals surface area contributed by atoms with E-state index in [2.05, 4.69) is 31.9 Å². The summed E-state index contributed by atoms with van der Waals surface area (Å²) in [6, 6.07) is 9.71. The number of carbonyl (C=O) groups excluding carboxylic acids is 11. The van der Waals surface area contributed by atoms with Gasteiger partial charge in [0.25, 0.3) is 0 Å². The van der Waals surface area contributed by atoms with Crippen molar-refractivity contribution in [2.24, 2.45) is 40.7 Å². The maximum absolute atomic E-state index is 14.7. The first-order valence-electron chi connectivity index (χ1n) is 34.3. The minimum atomic E-state index is -1.13. The Morgan fingerprint density at radius 3 is 1.84 bits per heavy atom. The first-order valence-corrected chi connectivity index (χ1v) is 34.3. The molecule has 2 fully saturated rings. The van der Waals surface area contributed by atoms with Gasteiger partial charge in [-0.1, -0.05) is 111 Å². The Balaban J connectivity index is 1.45. The van der Waals surface area contributed by atoms with Crippen LogP contribution in [0.2, 0.25) is 0 Å². The molecule has 0 spiro atoms. The topological polar surface area (TPSA) is 330 Å². The zero-order valence-corrected chi connectivity index (χ0v) is 60.6. The fourth-order valence-electron chi connectivity index (χ4n) is 13.2. The summed E-state index contributed by atoms with van der Waals surface area (Å²) in [6.45, 7) is 20.0. The van der Waals surface area contributed by atoms with Gasteiger partial charge in [-0.15, -0.1) is 0 Å². The van der Waals surface area contributed by atoms with Gasteiger partial charge in [-0.2, -0.15) is 0 Å². The number of nitrogens with zero attached hydrogens (tertiary/aromatic N) is 5. The summed E-state index contributed by atoms with van der Waals surface area (Å²) in [5.41, 5.74) is 6.44. The van der Waals surface area contributed by atoms with Crippen molar-refractivity contribution in [3.63, 3.8) is 0 Å². The van der Waals surface area contributed by atoms with E-state index in [1.165, 1.54) is 26.2 Å². The van der Waals surface area contributed by atoms with E-state index in [-0.39, 0.29) is 105 Å². The number of benzene rings is 2. The van der Waals surface area contributed by atoms with Crippen LogP contribution in [0, 0.1) is 35.0 Å². The van der Waals surface area contributed by atoms with Crippen molar-refractivity contribution in [1.29, 1.82) is 0 Å². The molecule has 2 saturated heterocycles. The van der Waals surface area contributed by atoms with Crippen molar-refractivity contribution < 1.29 is 67.0 Å². The summed E-state index contributed by atoms with van der Waals surface area (Å²) < 4.78 is 17.2. The number of primary amides is 1. The second kappa shape index (κ2) is 39.0. The standard InChI is InChI=1S/C71H114N12O14/c1-18-46(8)61(81(14)68(92)59(44(4)5)78-66(90)60(45(6)7)79(11)12)54(95-15)41-57(86)83-37-23-27-53(83)62(96-16)47(9)63(87)76-52(40-48-24-20-19-21-25-48)67(91)80(13)42-49-28-30-50(31-29-49)74-64(88)51(26-22-36-73-70(72)94)75-65(89)58(43(2)3)77-55(84)32-33-56(85)82-38-34-71(10,35-39-82)69(93)97-17/h19-21,24-25,28-31,43-47,51-54,58-62H,18,22-23,26-27,32-42H2,1-17H3,(H,74,88)(H,75,89)(H,76,87)(H,77,84)(H,78,90)(H3,72,73,94)/t46-,47+,51-,52?,53-,54+,58-,59-,60-,61-,62+/m0/s1. The Morgan fingerprint density at radius 1 is 0.670 bits per heavy atom. The predicted octanol–water partition coefficient (Wildman–Crippen LogP) is 4.61.